The van der Waals surface area contributed by atoms with Gasteiger partial charge in [-0.1, -0.05) is 24.3 Å². The normalized spacial score (nSPS) is 22.8. The zero-order valence-electron chi connectivity index (χ0n) is 10.3. The first-order valence-electron chi connectivity index (χ1n) is 5.88. The molecule has 0 heterocycles. The lowest BCUT2D eigenvalue weighted by atomic mass is 10.1. The van der Waals surface area contributed by atoms with Crippen molar-refractivity contribution in [1.82, 2.24) is 5.32 Å². The van der Waals surface area contributed by atoms with E-state index >= 15 is 0 Å². The van der Waals surface area contributed by atoms with Gasteiger partial charge in [0.2, 0.25) is 5.91 Å². The number of aliphatic hydroxyl groups is 1. The SMILES string of the molecule is CC(N)CC(=O)N[C@H]1c2ccccc2C[C@H]1O.Cl. The summed E-state index contributed by atoms with van der Waals surface area (Å²) in [6.45, 7) is 1.79. The van der Waals surface area contributed by atoms with Gasteiger partial charge >= 0.3 is 0 Å². The molecule has 18 heavy (non-hydrogen) atoms. The molecule has 0 aromatic heterocycles. The van der Waals surface area contributed by atoms with Crippen LogP contribution in [0.1, 0.15) is 30.5 Å². The lowest BCUT2D eigenvalue weighted by Crippen LogP contribution is -2.36. The smallest absolute Gasteiger partial charge is 0.222 e. The highest BCUT2D eigenvalue weighted by Crippen LogP contribution is 2.31. The predicted octanol–water partition coefficient (Wildman–Crippen LogP) is 0.920. The van der Waals surface area contributed by atoms with E-state index in [2.05, 4.69) is 5.32 Å². The summed E-state index contributed by atoms with van der Waals surface area (Å²) in [7, 11) is 0. The molecule has 1 amide bonds. The molecule has 5 heteroatoms. The zero-order chi connectivity index (χ0) is 12.4. The topological polar surface area (TPSA) is 75.4 Å². The molecule has 0 radical (unpaired) electrons. The molecule has 2 rings (SSSR count). The summed E-state index contributed by atoms with van der Waals surface area (Å²) in [4.78, 5) is 11.7. The van der Waals surface area contributed by atoms with Crippen LogP contribution < -0.4 is 11.1 Å². The quantitative estimate of drug-likeness (QED) is 0.765. The molecule has 3 atom stereocenters. The molecule has 1 aliphatic rings. The second-order valence-corrected chi connectivity index (χ2v) is 4.70. The number of fused-ring (bicyclic) bond motifs is 1. The minimum atomic E-state index is -0.538. The Morgan fingerprint density at radius 3 is 2.89 bits per heavy atom. The molecule has 4 nitrogen and oxygen atoms in total. The Morgan fingerprint density at radius 2 is 2.22 bits per heavy atom. The Morgan fingerprint density at radius 1 is 1.56 bits per heavy atom. The Bertz CT molecular complexity index is 423. The third-order valence-corrected chi connectivity index (χ3v) is 3.03. The third-order valence-electron chi connectivity index (χ3n) is 3.03. The van der Waals surface area contributed by atoms with Gasteiger partial charge in [0.25, 0.3) is 0 Å². The average molecular weight is 271 g/mol. The minimum absolute atomic E-state index is 0. The number of carbonyl (C=O) groups is 1. The number of hydrogen-bond acceptors (Lipinski definition) is 3. The van der Waals surface area contributed by atoms with Crippen molar-refractivity contribution in [3.05, 3.63) is 35.4 Å². The molecule has 0 spiro atoms. The Labute approximate surface area is 113 Å². The molecule has 0 aliphatic heterocycles. The van der Waals surface area contributed by atoms with Gasteiger partial charge in [-0.15, -0.1) is 12.4 Å². The molecule has 1 aromatic rings. The van der Waals surface area contributed by atoms with Gasteiger partial charge in [0.15, 0.2) is 0 Å². The monoisotopic (exact) mass is 270 g/mol. The van der Waals surface area contributed by atoms with E-state index in [0.29, 0.717) is 6.42 Å². The summed E-state index contributed by atoms with van der Waals surface area (Å²) < 4.78 is 0. The van der Waals surface area contributed by atoms with Crippen molar-refractivity contribution in [2.45, 2.75) is 38.0 Å². The number of hydrogen-bond donors (Lipinski definition) is 3. The number of benzene rings is 1. The van der Waals surface area contributed by atoms with Crippen molar-refractivity contribution in [2.24, 2.45) is 5.73 Å². The van der Waals surface area contributed by atoms with Gasteiger partial charge in [-0.2, -0.15) is 0 Å². The van der Waals surface area contributed by atoms with Gasteiger partial charge < -0.3 is 16.2 Å². The van der Waals surface area contributed by atoms with E-state index in [1.54, 1.807) is 6.92 Å². The van der Waals surface area contributed by atoms with Crippen molar-refractivity contribution >= 4 is 18.3 Å². The van der Waals surface area contributed by atoms with Gasteiger partial charge in [0, 0.05) is 18.9 Å². The van der Waals surface area contributed by atoms with Crippen molar-refractivity contribution < 1.29 is 9.90 Å². The predicted molar refractivity (Wildman–Crippen MR) is 72.6 cm³/mol. The molecule has 1 aliphatic carbocycles. The molecular weight excluding hydrogens is 252 g/mol. The van der Waals surface area contributed by atoms with E-state index in [-0.39, 0.29) is 36.8 Å². The number of carbonyl (C=O) groups excluding carboxylic acids is 1. The van der Waals surface area contributed by atoms with E-state index in [4.69, 9.17) is 5.73 Å². The van der Waals surface area contributed by atoms with Gasteiger partial charge in [-0.25, -0.2) is 0 Å². The second-order valence-electron chi connectivity index (χ2n) is 4.70. The van der Waals surface area contributed by atoms with Crippen LogP contribution in [0.2, 0.25) is 0 Å². The highest BCUT2D eigenvalue weighted by Gasteiger charge is 2.31. The maximum Gasteiger partial charge on any atom is 0.222 e. The number of rotatable bonds is 3. The number of amides is 1. The van der Waals surface area contributed by atoms with Crippen LogP contribution in [0.4, 0.5) is 0 Å². The van der Waals surface area contributed by atoms with Crippen LogP contribution in [-0.2, 0) is 11.2 Å². The maximum atomic E-state index is 11.7. The van der Waals surface area contributed by atoms with Gasteiger partial charge in [0.1, 0.15) is 0 Å². The van der Waals surface area contributed by atoms with Crippen molar-refractivity contribution in [3.8, 4) is 0 Å². The number of nitrogens with two attached hydrogens (primary N) is 1. The van der Waals surface area contributed by atoms with Crippen molar-refractivity contribution in [3.63, 3.8) is 0 Å². The summed E-state index contributed by atoms with van der Waals surface area (Å²) in [5, 5.41) is 12.8. The van der Waals surface area contributed by atoms with Crippen LogP contribution in [0.15, 0.2) is 24.3 Å². The van der Waals surface area contributed by atoms with E-state index < -0.39 is 6.10 Å². The number of nitrogens with one attached hydrogen (secondary N) is 1. The fourth-order valence-corrected chi connectivity index (χ4v) is 2.27. The maximum absolute atomic E-state index is 11.7. The lowest BCUT2D eigenvalue weighted by molar-refractivity contribution is -0.122. The highest BCUT2D eigenvalue weighted by molar-refractivity contribution is 5.85. The summed E-state index contributed by atoms with van der Waals surface area (Å²) in [6, 6.07) is 7.33. The van der Waals surface area contributed by atoms with Crippen molar-refractivity contribution in [1.29, 1.82) is 0 Å². The summed E-state index contributed by atoms with van der Waals surface area (Å²) in [5.41, 5.74) is 7.69. The average Bonchev–Trinajstić information content (AvgIpc) is 2.55. The number of aliphatic hydroxyl groups excluding tert-OH is 1. The second kappa shape index (κ2) is 6.18. The minimum Gasteiger partial charge on any atom is -0.390 e. The van der Waals surface area contributed by atoms with E-state index in [1.807, 2.05) is 24.3 Å². The molecule has 0 fully saturated rings. The van der Waals surface area contributed by atoms with Crippen LogP contribution in [0, 0.1) is 0 Å². The van der Waals surface area contributed by atoms with Crippen LogP contribution in [0.3, 0.4) is 0 Å². The van der Waals surface area contributed by atoms with Crippen molar-refractivity contribution in [2.75, 3.05) is 0 Å². The Hall–Kier alpha value is -1.10. The van der Waals surface area contributed by atoms with E-state index in [1.165, 1.54) is 0 Å². The molecule has 1 unspecified atom stereocenters. The summed E-state index contributed by atoms with van der Waals surface area (Å²) in [5.74, 6) is -0.110. The summed E-state index contributed by atoms with van der Waals surface area (Å²) in [6.07, 6.45) is 0.342. The molecule has 0 bridgehead atoms. The van der Waals surface area contributed by atoms with Crippen LogP contribution in [-0.4, -0.2) is 23.2 Å². The van der Waals surface area contributed by atoms with Gasteiger partial charge in [0.05, 0.1) is 12.1 Å². The highest BCUT2D eigenvalue weighted by atomic mass is 35.5. The Kier molecular flexibility index (Phi) is 5.14. The van der Waals surface area contributed by atoms with E-state index in [9.17, 15) is 9.90 Å². The summed E-state index contributed by atoms with van der Waals surface area (Å²) >= 11 is 0. The Balaban J connectivity index is 0.00000162. The molecule has 4 N–H and O–H groups in total. The van der Waals surface area contributed by atoms with E-state index in [0.717, 1.165) is 11.1 Å². The fourth-order valence-electron chi connectivity index (χ4n) is 2.27. The fraction of sp³-hybridized carbons (Fsp3) is 0.462. The largest absolute Gasteiger partial charge is 0.390 e. The zero-order valence-corrected chi connectivity index (χ0v) is 11.1. The third kappa shape index (κ3) is 3.22. The molecule has 0 saturated heterocycles. The van der Waals surface area contributed by atoms with Crippen LogP contribution in [0.25, 0.3) is 0 Å². The van der Waals surface area contributed by atoms with Gasteiger partial charge in [-0.05, 0) is 18.1 Å². The molecule has 100 valence electrons. The molecular formula is C13H19ClN2O2. The number of halogens is 1. The van der Waals surface area contributed by atoms with Gasteiger partial charge in [-0.3, -0.25) is 4.79 Å². The van der Waals surface area contributed by atoms with Crippen LogP contribution in [0.5, 0.6) is 0 Å². The molecule has 1 aromatic carbocycles. The first-order chi connectivity index (χ1) is 8.08. The molecule has 0 saturated carbocycles. The lowest BCUT2D eigenvalue weighted by Gasteiger charge is -2.18. The van der Waals surface area contributed by atoms with Crippen LogP contribution >= 0.6 is 12.4 Å². The first kappa shape index (κ1) is 15.0. The standard InChI is InChI=1S/C13H18N2O2.ClH/c1-8(14)6-12(17)15-13-10-5-3-2-4-9(10)7-11(13)16;/h2-5,8,11,13,16H,6-7,14H2,1H3,(H,15,17);1H/t8?,11-,13+;/m1./s1. The first-order valence-corrected chi connectivity index (χ1v) is 5.88.